The first-order valence-corrected chi connectivity index (χ1v) is 27.8. The number of fused-ring (bicyclic) bond motifs is 4. The molecule has 10 saturated carbocycles. The summed E-state index contributed by atoms with van der Waals surface area (Å²) in [6, 6.07) is 3.46. The summed E-state index contributed by atoms with van der Waals surface area (Å²) in [6.07, 6.45) is 50.7. The zero-order chi connectivity index (χ0) is 38.2. The molecular formula is C54H90N4. The minimum absolute atomic E-state index is 0.688. The maximum atomic E-state index is 4.42. The van der Waals surface area contributed by atoms with Gasteiger partial charge < -0.3 is 10.6 Å². The molecule has 10 aliphatic carbocycles. The van der Waals surface area contributed by atoms with Crippen molar-refractivity contribution in [2.75, 3.05) is 13.1 Å². The summed E-state index contributed by atoms with van der Waals surface area (Å²) < 4.78 is 0. The summed E-state index contributed by atoms with van der Waals surface area (Å²) in [7, 11) is 0. The van der Waals surface area contributed by atoms with Crippen molar-refractivity contribution in [2.24, 2.45) is 82.9 Å². The Morgan fingerprint density at radius 3 is 1.12 bits per heavy atom. The Morgan fingerprint density at radius 1 is 0.276 bits per heavy atom. The molecule has 0 aromatic carbocycles. The van der Waals surface area contributed by atoms with Crippen molar-refractivity contribution in [2.45, 2.75) is 242 Å². The number of nitrogens with zero attached hydrogens (tertiary/aromatic N) is 2. The molecule has 58 heavy (non-hydrogen) atoms. The van der Waals surface area contributed by atoms with Gasteiger partial charge in [-0.1, -0.05) is 89.9 Å². The van der Waals surface area contributed by atoms with Crippen LogP contribution in [0.3, 0.4) is 0 Å². The van der Waals surface area contributed by atoms with Crippen molar-refractivity contribution in [3.63, 3.8) is 0 Å². The van der Waals surface area contributed by atoms with Gasteiger partial charge >= 0.3 is 0 Å². The molecule has 20 atom stereocenters. The van der Waals surface area contributed by atoms with Crippen LogP contribution in [0.4, 0.5) is 0 Å². The maximum absolute atomic E-state index is 4.42. The van der Waals surface area contributed by atoms with Crippen LogP contribution in [0.25, 0.3) is 0 Å². The van der Waals surface area contributed by atoms with E-state index in [1.54, 1.807) is 103 Å². The lowest BCUT2D eigenvalue weighted by atomic mass is 9.46. The van der Waals surface area contributed by atoms with Gasteiger partial charge in [0.1, 0.15) is 0 Å². The average molecular weight is 795 g/mol. The van der Waals surface area contributed by atoms with E-state index < -0.39 is 0 Å². The van der Waals surface area contributed by atoms with Crippen LogP contribution in [-0.2, 0) is 0 Å². The third-order valence-corrected chi connectivity index (χ3v) is 22.7. The van der Waals surface area contributed by atoms with Crippen LogP contribution in [0.5, 0.6) is 0 Å². The third kappa shape index (κ3) is 7.10. The molecule has 2 heterocycles. The SMILES string of the molecule is C1CCC2CC(N(C3CCC4CCC5C6C(CCC3C46)CCC5N(C3CCC4CCCCC4C3)C3NCCC4CCCCC43)C3NCCC4CCCCC43)CCC2C1. The Bertz CT molecular complexity index is 1280. The summed E-state index contributed by atoms with van der Waals surface area (Å²) in [4.78, 5) is 6.89. The highest BCUT2D eigenvalue weighted by Crippen LogP contribution is 2.63. The zero-order valence-electron chi connectivity index (χ0n) is 37.5. The van der Waals surface area contributed by atoms with E-state index in [1.165, 1.54) is 116 Å². The molecule has 4 heteroatoms. The molecule has 0 bridgehead atoms. The molecule has 0 radical (unpaired) electrons. The lowest BCUT2D eigenvalue weighted by Gasteiger charge is -2.65. The van der Waals surface area contributed by atoms with Crippen LogP contribution >= 0.6 is 0 Å². The second-order valence-corrected chi connectivity index (χ2v) is 24.7. The second-order valence-electron chi connectivity index (χ2n) is 24.7. The molecule has 0 spiro atoms. The Balaban J connectivity index is 0.865. The predicted molar refractivity (Wildman–Crippen MR) is 239 cm³/mol. The molecule has 326 valence electrons. The van der Waals surface area contributed by atoms with Gasteiger partial charge in [-0.2, -0.15) is 0 Å². The zero-order valence-corrected chi connectivity index (χ0v) is 37.5. The van der Waals surface area contributed by atoms with Gasteiger partial charge in [-0.15, -0.1) is 0 Å². The van der Waals surface area contributed by atoms with E-state index in [-0.39, 0.29) is 0 Å². The normalized spacial score (nSPS) is 53.1. The molecule has 12 aliphatic rings. The molecule has 0 aromatic rings. The van der Waals surface area contributed by atoms with E-state index in [9.17, 15) is 0 Å². The van der Waals surface area contributed by atoms with Crippen molar-refractivity contribution < 1.29 is 0 Å². The van der Waals surface area contributed by atoms with Crippen molar-refractivity contribution in [3.05, 3.63) is 0 Å². The van der Waals surface area contributed by atoms with Gasteiger partial charge in [0.05, 0.1) is 12.3 Å². The fourth-order valence-corrected chi connectivity index (χ4v) is 20.4. The quantitative estimate of drug-likeness (QED) is 0.280. The fourth-order valence-electron chi connectivity index (χ4n) is 20.4. The monoisotopic (exact) mass is 795 g/mol. The van der Waals surface area contributed by atoms with E-state index in [1.807, 2.05) is 0 Å². The summed E-state index contributed by atoms with van der Waals surface area (Å²) in [5, 5.41) is 8.84. The minimum Gasteiger partial charge on any atom is -0.301 e. The van der Waals surface area contributed by atoms with Crippen molar-refractivity contribution in [1.29, 1.82) is 0 Å². The molecule has 12 fully saturated rings. The summed E-state index contributed by atoms with van der Waals surface area (Å²) in [5.74, 6) is 14.2. The number of rotatable bonds is 6. The van der Waals surface area contributed by atoms with Crippen LogP contribution in [0.2, 0.25) is 0 Å². The van der Waals surface area contributed by atoms with Gasteiger partial charge in [-0.05, 0) is 212 Å². The lowest BCUT2D eigenvalue weighted by Crippen LogP contribution is -2.69. The summed E-state index contributed by atoms with van der Waals surface area (Å²) in [5.41, 5.74) is 0. The van der Waals surface area contributed by atoms with Crippen molar-refractivity contribution >= 4 is 0 Å². The van der Waals surface area contributed by atoms with Crippen LogP contribution < -0.4 is 10.6 Å². The average Bonchev–Trinajstić information content (AvgIpc) is 3.29. The van der Waals surface area contributed by atoms with E-state index in [4.69, 9.17) is 0 Å². The van der Waals surface area contributed by atoms with Crippen LogP contribution in [0.1, 0.15) is 205 Å². The van der Waals surface area contributed by atoms with Gasteiger partial charge in [0.2, 0.25) is 0 Å². The summed E-state index contributed by atoms with van der Waals surface area (Å²) >= 11 is 0. The first kappa shape index (κ1) is 39.4. The van der Waals surface area contributed by atoms with Crippen LogP contribution in [-0.4, -0.2) is 59.4 Å². The molecule has 4 nitrogen and oxygen atoms in total. The van der Waals surface area contributed by atoms with Crippen molar-refractivity contribution in [1.82, 2.24) is 20.4 Å². The van der Waals surface area contributed by atoms with E-state index >= 15 is 0 Å². The molecule has 2 aliphatic heterocycles. The van der Waals surface area contributed by atoms with Gasteiger partial charge in [-0.25, -0.2) is 0 Å². The molecule has 2 saturated heterocycles. The first-order valence-electron chi connectivity index (χ1n) is 27.8. The highest BCUT2D eigenvalue weighted by atomic mass is 15.3. The van der Waals surface area contributed by atoms with Gasteiger partial charge in [0.15, 0.2) is 0 Å². The highest BCUT2D eigenvalue weighted by Gasteiger charge is 2.60. The van der Waals surface area contributed by atoms with Gasteiger partial charge in [-0.3, -0.25) is 9.80 Å². The lowest BCUT2D eigenvalue weighted by molar-refractivity contribution is -0.164. The fraction of sp³-hybridized carbons (Fsp3) is 1.00. The number of hydrogen-bond acceptors (Lipinski definition) is 4. The van der Waals surface area contributed by atoms with Gasteiger partial charge in [0, 0.05) is 24.2 Å². The second kappa shape index (κ2) is 17.1. The molecular weight excluding hydrogens is 705 g/mol. The van der Waals surface area contributed by atoms with E-state index in [0.29, 0.717) is 12.3 Å². The van der Waals surface area contributed by atoms with E-state index in [0.717, 1.165) is 107 Å². The molecule has 2 N–H and O–H groups in total. The third-order valence-electron chi connectivity index (χ3n) is 22.7. The topological polar surface area (TPSA) is 30.5 Å². The number of piperidine rings is 2. The first-order chi connectivity index (χ1) is 28.8. The Morgan fingerprint density at radius 2 is 0.655 bits per heavy atom. The molecule has 12 rings (SSSR count). The largest absolute Gasteiger partial charge is 0.301 e. The highest BCUT2D eigenvalue weighted by molar-refractivity contribution is 5.11. The number of nitrogens with one attached hydrogen (secondary N) is 2. The van der Waals surface area contributed by atoms with Gasteiger partial charge in [0.25, 0.3) is 0 Å². The minimum atomic E-state index is 0.688. The summed E-state index contributed by atoms with van der Waals surface area (Å²) in [6.45, 7) is 2.60. The standard InChI is InChI=1S/C54H90N4/c1-3-13-41-33-43(23-17-35(41)9-1)57(53-45-15-7-5-11-37(45)29-31-55-53)49-27-21-39-20-26-48-50(28-22-40-19-25-47(49)51(39)52(40)48)58(44-24-18-36-10-2-4-14-42(36)34-44)54-46-16-8-6-12-38(46)30-32-56-54/h35-56H,1-34H2. The maximum Gasteiger partial charge on any atom is 0.0633 e. The number of hydrogen-bond donors (Lipinski definition) is 2. The molecule has 0 amide bonds. The molecule has 20 unspecified atom stereocenters. The van der Waals surface area contributed by atoms with Crippen LogP contribution in [0.15, 0.2) is 0 Å². The van der Waals surface area contributed by atoms with Crippen molar-refractivity contribution in [3.8, 4) is 0 Å². The van der Waals surface area contributed by atoms with Crippen LogP contribution in [0, 0.1) is 82.9 Å². The predicted octanol–water partition coefficient (Wildman–Crippen LogP) is 12.2. The molecule has 0 aromatic heterocycles. The smallest absolute Gasteiger partial charge is 0.0633 e. The Labute approximate surface area is 357 Å². The Kier molecular flexibility index (Phi) is 11.6. The Hall–Kier alpha value is -0.160. The van der Waals surface area contributed by atoms with E-state index in [2.05, 4.69) is 20.4 Å².